The number of hydrogen-bond acceptors (Lipinski definition) is 6. The third-order valence-corrected chi connectivity index (χ3v) is 6.11. The molecule has 28 heavy (non-hydrogen) atoms. The van der Waals surface area contributed by atoms with E-state index < -0.39 is 0 Å². The zero-order valence-corrected chi connectivity index (χ0v) is 16.5. The molecule has 146 valence electrons. The molecule has 1 N–H and O–H groups in total. The Bertz CT molecular complexity index is 932. The molecule has 2 aromatic rings. The molecule has 5 rings (SSSR count). The van der Waals surface area contributed by atoms with E-state index in [0.29, 0.717) is 5.82 Å². The summed E-state index contributed by atoms with van der Waals surface area (Å²) in [4.78, 5) is 30.2. The summed E-state index contributed by atoms with van der Waals surface area (Å²) < 4.78 is 0. The van der Waals surface area contributed by atoms with Gasteiger partial charge in [-0.2, -0.15) is 4.98 Å². The van der Waals surface area contributed by atoms with Crippen molar-refractivity contribution in [3.05, 3.63) is 29.6 Å². The summed E-state index contributed by atoms with van der Waals surface area (Å²) in [6, 6.07) is 4.05. The molecule has 7 heteroatoms. The number of pyridine rings is 1. The van der Waals surface area contributed by atoms with Gasteiger partial charge in [0.2, 0.25) is 11.9 Å². The average molecular weight is 378 g/mol. The monoisotopic (exact) mass is 378 g/mol. The molecule has 1 spiro atoms. The van der Waals surface area contributed by atoms with Gasteiger partial charge in [-0.25, -0.2) is 9.97 Å². The van der Waals surface area contributed by atoms with E-state index in [1.165, 1.54) is 44.6 Å². The SMILES string of the molecule is CC(=O)Nc1cc2c(cn1)C1(CC1)CN2c1cc(C)nc(N2CCCCC2)n1. The van der Waals surface area contributed by atoms with Crippen molar-refractivity contribution >= 4 is 29.2 Å². The van der Waals surface area contributed by atoms with Crippen molar-refractivity contribution < 1.29 is 4.79 Å². The van der Waals surface area contributed by atoms with Gasteiger partial charge in [0.05, 0.1) is 5.69 Å². The van der Waals surface area contributed by atoms with Crippen LogP contribution in [0.5, 0.6) is 0 Å². The summed E-state index contributed by atoms with van der Waals surface area (Å²) >= 11 is 0. The van der Waals surface area contributed by atoms with E-state index in [1.54, 1.807) is 0 Å². The molecule has 0 unspecified atom stereocenters. The molecular formula is C21H26N6O. The molecule has 1 saturated carbocycles. The first-order valence-corrected chi connectivity index (χ1v) is 10.2. The second-order valence-electron chi connectivity index (χ2n) is 8.35. The summed E-state index contributed by atoms with van der Waals surface area (Å²) in [5.74, 6) is 2.27. The number of aromatic nitrogens is 3. The Morgan fingerprint density at radius 1 is 1.14 bits per heavy atom. The average Bonchev–Trinajstić information content (AvgIpc) is 3.39. The predicted octanol–water partition coefficient (Wildman–Crippen LogP) is 3.31. The fraction of sp³-hybridized carbons (Fsp3) is 0.524. The number of rotatable bonds is 3. The minimum Gasteiger partial charge on any atom is -0.341 e. The summed E-state index contributed by atoms with van der Waals surface area (Å²) in [5.41, 5.74) is 3.57. The topological polar surface area (TPSA) is 74.2 Å². The van der Waals surface area contributed by atoms with Crippen LogP contribution in [0.25, 0.3) is 0 Å². The second-order valence-corrected chi connectivity index (χ2v) is 8.35. The molecule has 0 atom stereocenters. The molecule has 1 aliphatic carbocycles. The number of carbonyl (C=O) groups excluding carboxylic acids is 1. The molecule has 3 aliphatic rings. The van der Waals surface area contributed by atoms with Gasteiger partial charge < -0.3 is 15.1 Å². The molecule has 2 aliphatic heterocycles. The van der Waals surface area contributed by atoms with E-state index in [4.69, 9.17) is 9.97 Å². The Kier molecular flexibility index (Phi) is 4.00. The summed E-state index contributed by atoms with van der Waals surface area (Å²) in [7, 11) is 0. The lowest BCUT2D eigenvalue weighted by molar-refractivity contribution is -0.114. The highest BCUT2D eigenvalue weighted by molar-refractivity contribution is 5.89. The smallest absolute Gasteiger partial charge is 0.227 e. The first kappa shape index (κ1) is 17.4. The van der Waals surface area contributed by atoms with Crippen molar-refractivity contribution in [3.8, 4) is 0 Å². The first-order chi connectivity index (χ1) is 13.5. The largest absolute Gasteiger partial charge is 0.341 e. The van der Waals surface area contributed by atoms with Crippen molar-refractivity contribution in [1.29, 1.82) is 0 Å². The van der Waals surface area contributed by atoms with Crippen LogP contribution < -0.4 is 15.1 Å². The fourth-order valence-corrected chi connectivity index (χ4v) is 4.49. The number of amides is 1. The number of nitrogens with one attached hydrogen (secondary N) is 1. The lowest BCUT2D eigenvalue weighted by atomic mass is 10.0. The van der Waals surface area contributed by atoms with Gasteiger partial charge in [-0.15, -0.1) is 0 Å². The van der Waals surface area contributed by atoms with Gasteiger partial charge in [-0.05, 0) is 39.0 Å². The minimum absolute atomic E-state index is 0.108. The fourth-order valence-electron chi connectivity index (χ4n) is 4.49. The van der Waals surface area contributed by atoms with Crippen molar-refractivity contribution in [1.82, 2.24) is 15.0 Å². The van der Waals surface area contributed by atoms with Crippen LogP contribution in [0.1, 0.15) is 50.3 Å². The van der Waals surface area contributed by atoms with E-state index in [0.717, 1.165) is 42.8 Å². The standard InChI is InChI=1S/C21H26N6O/c1-14-10-19(25-20(23-14)26-8-4-3-5-9-26)27-13-21(6-7-21)16-12-22-18(11-17(16)27)24-15(2)28/h10-12H,3-9,13H2,1-2H3,(H,22,24,28). The molecule has 0 aromatic carbocycles. The number of nitrogens with zero attached hydrogens (tertiary/aromatic N) is 5. The number of piperidine rings is 1. The van der Waals surface area contributed by atoms with Crippen LogP contribution in [-0.4, -0.2) is 40.5 Å². The van der Waals surface area contributed by atoms with E-state index >= 15 is 0 Å². The number of carbonyl (C=O) groups is 1. The van der Waals surface area contributed by atoms with Crippen molar-refractivity contribution in [2.24, 2.45) is 0 Å². The Labute approximate surface area is 165 Å². The maximum atomic E-state index is 11.5. The summed E-state index contributed by atoms with van der Waals surface area (Å²) in [6.45, 7) is 6.52. The molecule has 0 radical (unpaired) electrons. The highest BCUT2D eigenvalue weighted by atomic mass is 16.1. The Morgan fingerprint density at radius 2 is 1.93 bits per heavy atom. The van der Waals surface area contributed by atoms with Gasteiger partial charge in [0.25, 0.3) is 0 Å². The maximum Gasteiger partial charge on any atom is 0.227 e. The Morgan fingerprint density at radius 3 is 2.64 bits per heavy atom. The maximum absolute atomic E-state index is 11.5. The van der Waals surface area contributed by atoms with Crippen LogP contribution in [0, 0.1) is 6.92 Å². The van der Waals surface area contributed by atoms with Crippen LogP contribution in [0.2, 0.25) is 0 Å². The lowest BCUT2D eigenvalue weighted by Gasteiger charge is -2.28. The number of fused-ring (bicyclic) bond motifs is 2. The van der Waals surface area contributed by atoms with Crippen molar-refractivity contribution in [3.63, 3.8) is 0 Å². The van der Waals surface area contributed by atoms with Gasteiger partial charge in [-0.1, -0.05) is 0 Å². The molecule has 0 bridgehead atoms. The Balaban J connectivity index is 1.54. The Hall–Kier alpha value is -2.70. The normalized spacial score (nSPS) is 19.6. The highest BCUT2D eigenvalue weighted by Crippen LogP contribution is 2.58. The van der Waals surface area contributed by atoms with Gasteiger partial charge in [0, 0.05) is 61.6 Å². The van der Waals surface area contributed by atoms with Crippen molar-refractivity contribution in [2.45, 2.75) is 51.4 Å². The third kappa shape index (κ3) is 2.99. The molecular weight excluding hydrogens is 352 g/mol. The zero-order valence-electron chi connectivity index (χ0n) is 16.5. The van der Waals surface area contributed by atoms with Gasteiger partial charge >= 0.3 is 0 Å². The number of aryl methyl sites for hydroxylation is 1. The lowest BCUT2D eigenvalue weighted by Crippen LogP contribution is -2.31. The molecule has 2 aromatic heterocycles. The van der Waals surface area contributed by atoms with Gasteiger partial charge in [0.15, 0.2) is 0 Å². The molecule has 2 fully saturated rings. The number of hydrogen-bond donors (Lipinski definition) is 1. The molecule has 1 amide bonds. The van der Waals surface area contributed by atoms with E-state index in [9.17, 15) is 4.79 Å². The molecule has 7 nitrogen and oxygen atoms in total. The number of anilines is 4. The van der Waals surface area contributed by atoms with Crippen LogP contribution in [0.15, 0.2) is 18.3 Å². The first-order valence-electron chi connectivity index (χ1n) is 10.2. The van der Waals surface area contributed by atoms with Gasteiger partial charge in [0.1, 0.15) is 11.6 Å². The molecule has 1 saturated heterocycles. The van der Waals surface area contributed by atoms with E-state index in [2.05, 4.69) is 26.2 Å². The van der Waals surface area contributed by atoms with Crippen LogP contribution in [0.4, 0.5) is 23.3 Å². The zero-order chi connectivity index (χ0) is 19.3. The van der Waals surface area contributed by atoms with Crippen molar-refractivity contribution in [2.75, 3.05) is 34.8 Å². The van der Waals surface area contributed by atoms with E-state index in [-0.39, 0.29) is 11.3 Å². The highest BCUT2D eigenvalue weighted by Gasteiger charge is 2.52. The molecule has 4 heterocycles. The third-order valence-electron chi connectivity index (χ3n) is 6.11. The minimum atomic E-state index is -0.108. The van der Waals surface area contributed by atoms with Crippen LogP contribution in [-0.2, 0) is 10.2 Å². The van der Waals surface area contributed by atoms with E-state index in [1.807, 2.05) is 19.2 Å². The van der Waals surface area contributed by atoms with Gasteiger partial charge in [-0.3, -0.25) is 4.79 Å². The predicted molar refractivity (Wildman–Crippen MR) is 109 cm³/mol. The second kappa shape index (κ2) is 6.43. The van der Waals surface area contributed by atoms with Crippen LogP contribution in [0.3, 0.4) is 0 Å². The van der Waals surface area contributed by atoms with Crippen LogP contribution >= 0.6 is 0 Å². The summed E-state index contributed by atoms with van der Waals surface area (Å²) in [6.07, 6.45) is 7.99. The summed E-state index contributed by atoms with van der Waals surface area (Å²) in [5, 5.41) is 2.81. The quantitative estimate of drug-likeness (QED) is 0.883.